The predicted octanol–water partition coefficient (Wildman–Crippen LogP) is 1.91. The van der Waals surface area contributed by atoms with Crippen molar-refractivity contribution in [1.82, 2.24) is 5.32 Å². The van der Waals surface area contributed by atoms with Gasteiger partial charge in [0.25, 0.3) is 0 Å². The summed E-state index contributed by atoms with van der Waals surface area (Å²) >= 11 is 0. The summed E-state index contributed by atoms with van der Waals surface area (Å²) in [5.41, 5.74) is 1.37. The van der Waals surface area contributed by atoms with Crippen molar-refractivity contribution in [2.24, 2.45) is 0 Å². The Morgan fingerprint density at radius 2 is 2.22 bits per heavy atom. The Hall–Kier alpha value is -0.870. The molecule has 0 saturated heterocycles. The number of benzene rings is 1. The van der Waals surface area contributed by atoms with Crippen molar-refractivity contribution in [3.05, 3.63) is 29.8 Å². The molecule has 2 rings (SSSR count). The van der Waals surface area contributed by atoms with Crippen LogP contribution in [0, 0.1) is 0 Å². The molecule has 1 aromatic rings. The standard InChI is InChI=1S/C14H21NO2S/c1-17-14-5-3-4-11(10-14)12-8-13(9-12)15-6-7-18(2)16/h3-5,10,12-13,15H,6-9H2,1-2H3. The molecule has 18 heavy (non-hydrogen) atoms. The molecule has 0 aliphatic heterocycles. The maximum atomic E-state index is 10.9. The average molecular weight is 267 g/mol. The second kappa shape index (κ2) is 6.34. The van der Waals surface area contributed by atoms with E-state index in [-0.39, 0.29) is 0 Å². The molecule has 100 valence electrons. The number of ether oxygens (including phenoxy) is 1. The van der Waals surface area contributed by atoms with E-state index >= 15 is 0 Å². The highest BCUT2D eigenvalue weighted by Crippen LogP contribution is 2.37. The predicted molar refractivity (Wildman–Crippen MR) is 75.7 cm³/mol. The summed E-state index contributed by atoms with van der Waals surface area (Å²) < 4.78 is 16.2. The van der Waals surface area contributed by atoms with Crippen LogP contribution in [0.3, 0.4) is 0 Å². The van der Waals surface area contributed by atoms with Gasteiger partial charge in [-0.2, -0.15) is 0 Å². The minimum absolute atomic E-state index is 0.588. The molecule has 3 nitrogen and oxygen atoms in total. The lowest BCUT2D eigenvalue weighted by molar-refractivity contribution is 0.295. The van der Waals surface area contributed by atoms with Crippen LogP contribution in [-0.4, -0.2) is 35.9 Å². The monoisotopic (exact) mass is 267 g/mol. The smallest absolute Gasteiger partial charge is 0.119 e. The summed E-state index contributed by atoms with van der Waals surface area (Å²) in [6, 6.07) is 8.92. The van der Waals surface area contributed by atoms with Crippen molar-refractivity contribution in [3.63, 3.8) is 0 Å². The van der Waals surface area contributed by atoms with Gasteiger partial charge in [0.1, 0.15) is 5.75 Å². The van der Waals surface area contributed by atoms with Crippen LogP contribution in [0.1, 0.15) is 24.3 Å². The third-order valence-electron chi connectivity index (χ3n) is 3.53. The van der Waals surface area contributed by atoms with Gasteiger partial charge in [-0.15, -0.1) is 0 Å². The van der Waals surface area contributed by atoms with Crippen LogP contribution in [0.15, 0.2) is 24.3 Å². The molecule has 0 bridgehead atoms. The van der Waals surface area contributed by atoms with E-state index in [0.717, 1.165) is 18.0 Å². The molecule has 1 atom stereocenters. The van der Waals surface area contributed by atoms with Crippen molar-refractivity contribution in [1.29, 1.82) is 0 Å². The lowest BCUT2D eigenvalue weighted by atomic mass is 9.76. The normalized spacial score (nSPS) is 24.3. The number of nitrogens with one attached hydrogen (secondary N) is 1. The van der Waals surface area contributed by atoms with Crippen molar-refractivity contribution in [2.45, 2.75) is 24.8 Å². The molecular formula is C14H21NO2S. The van der Waals surface area contributed by atoms with E-state index in [0.29, 0.717) is 12.0 Å². The summed E-state index contributed by atoms with van der Waals surface area (Å²) in [6.45, 7) is 0.860. The summed E-state index contributed by atoms with van der Waals surface area (Å²) in [6.07, 6.45) is 4.09. The van der Waals surface area contributed by atoms with E-state index in [9.17, 15) is 4.21 Å². The zero-order valence-electron chi connectivity index (χ0n) is 11.0. The van der Waals surface area contributed by atoms with Gasteiger partial charge in [0, 0.05) is 35.4 Å². The van der Waals surface area contributed by atoms with Gasteiger partial charge in [-0.3, -0.25) is 4.21 Å². The molecule has 4 heteroatoms. The molecule has 1 saturated carbocycles. The Morgan fingerprint density at radius 1 is 1.44 bits per heavy atom. The van der Waals surface area contributed by atoms with Gasteiger partial charge in [-0.1, -0.05) is 12.1 Å². The third kappa shape index (κ3) is 3.56. The second-order valence-electron chi connectivity index (χ2n) is 4.87. The minimum atomic E-state index is -0.688. The first kappa shape index (κ1) is 13.6. The fraction of sp³-hybridized carbons (Fsp3) is 0.571. The molecule has 0 heterocycles. The first-order valence-corrected chi connectivity index (χ1v) is 8.09. The summed E-state index contributed by atoms with van der Waals surface area (Å²) in [4.78, 5) is 0. The maximum Gasteiger partial charge on any atom is 0.119 e. The average Bonchev–Trinajstić information content (AvgIpc) is 2.31. The van der Waals surface area contributed by atoms with Gasteiger partial charge in [0.05, 0.1) is 7.11 Å². The highest BCUT2D eigenvalue weighted by molar-refractivity contribution is 7.84. The van der Waals surface area contributed by atoms with E-state index in [1.165, 1.54) is 18.4 Å². The van der Waals surface area contributed by atoms with E-state index < -0.39 is 10.8 Å². The number of hydrogen-bond acceptors (Lipinski definition) is 3. The van der Waals surface area contributed by atoms with Crippen LogP contribution in [0.4, 0.5) is 0 Å². The molecule has 0 aromatic heterocycles. The molecular weight excluding hydrogens is 246 g/mol. The van der Waals surface area contributed by atoms with E-state index in [1.54, 1.807) is 13.4 Å². The molecule has 1 fully saturated rings. The van der Waals surface area contributed by atoms with Crippen LogP contribution in [0.25, 0.3) is 0 Å². The fourth-order valence-electron chi connectivity index (χ4n) is 2.36. The van der Waals surface area contributed by atoms with E-state index in [4.69, 9.17) is 4.74 Å². The Labute approximate surface area is 111 Å². The second-order valence-corrected chi connectivity index (χ2v) is 6.43. The van der Waals surface area contributed by atoms with Crippen molar-refractivity contribution >= 4 is 10.8 Å². The molecule has 1 aliphatic carbocycles. The Kier molecular flexibility index (Phi) is 4.78. The zero-order valence-corrected chi connectivity index (χ0v) is 11.8. The molecule has 1 aliphatic rings. The minimum Gasteiger partial charge on any atom is -0.497 e. The number of hydrogen-bond donors (Lipinski definition) is 1. The molecule has 1 unspecified atom stereocenters. The van der Waals surface area contributed by atoms with Gasteiger partial charge in [0.2, 0.25) is 0 Å². The van der Waals surface area contributed by atoms with E-state index in [1.807, 2.05) is 6.07 Å². The Morgan fingerprint density at radius 3 is 2.89 bits per heavy atom. The lowest BCUT2D eigenvalue weighted by Crippen LogP contribution is -2.41. The molecule has 1 N–H and O–H groups in total. The zero-order chi connectivity index (χ0) is 13.0. The molecule has 0 radical (unpaired) electrons. The van der Waals surface area contributed by atoms with Gasteiger partial charge < -0.3 is 10.1 Å². The lowest BCUT2D eigenvalue weighted by Gasteiger charge is -2.36. The van der Waals surface area contributed by atoms with Gasteiger partial charge >= 0.3 is 0 Å². The summed E-state index contributed by atoms with van der Waals surface area (Å²) in [5, 5.41) is 3.45. The third-order valence-corrected chi connectivity index (χ3v) is 4.30. The van der Waals surface area contributed by atoms with Crippen LogP contribution >= 0.6 is 0 Å². The Bertz CT molecular complexity index is 416. The van der Waals surface area contributed by atoms with Crippen LogP contribution < -0.4 is 10.1 Å². The van der Waals surface area contributed by atoms with Crippen molar-refractivity contribution < 1.29 is 8.95 Å². The highest BCUT2D eigenvalue weighted by Gasteiger charge is 2.29. The van der Waals surface area contributed by atoms with Crippen LogP contribution in [0.2, 0.25) is 0 Å². The van der Waals surface area contributed by atoms with Crippen molar-refractivity contribution in [2.75, 3.05) is 25.7 Å². The van der Waals surface area contributed by atoms with Gasteiger partial charge in [-0.05, 0) is 36.5 Å². The number of methoxy groups -OCH3 is 1. The van der Waals surface area contributed by atoms with Crippen LogP contribution in [-0.2, 0) is 10.8 Å². The first-order valence-electron chi connectivity index (χ1n) is 6.36. The first-order chi connectivity index (χ1) is 8.69. The topological polar surface area (TPSA) is 38.3 Å². The maximum absolute atomic E-state index is 10.9. The van der Waals surface area contributed by atoms with Crippen LogP contribution in [0.5, 0.6) is 5.75 Å². The highest BCUT2D eigenvalue weighted by atomic mass is 32.2. The molecule has 1 aromatic carbocycles. The summed E-state index contributed by atoms with van der Waals surface area (Å²) in [7, 11) is 1.02. The quantitative estimate of drug-likeness (QED) is 0.855. The SMILES string of the molecule is COc1cccc(C2CC(NCCS(C)=O)C2)c1. The number of rotatable bonds is 6. The fourth-order valence-corrected chi connectivity index (χ4v) is 2.76. The Balaban J connectivity index is 1.76. The van der Waals surface area contributed by atoms with Crippen molar-refractivity contribution in [3.8, 4) is 5.75 Å². The van der Waals surface area contributed by atoms with E-state index in [2.05, 4.69) is 23.5 Å². The van der Waals surface area contributed by atoms with Gasteiger partial charge in [-0.25, -0.2) is 0 Å². The molecule has 0 spiro atoms. The molecule has 0 amide bonds. The van der Waals surface area contributed by atoms with Gasteiger partial charge in [0.15, 0.2) is 0 Å². The largest absolute Gasteiger partial charge is 0.497 e. The summed E-state index contributed by atoms with van der Waals surface area (Å²) in [5.74, 6) is 2.33.